The molecule has 0 spiro atoms. The molecule has 1 unspecified atom stereocenters. The lowest BCUT2D eigenvalue weighted by Crippen LogP contribution is -2.43. The average molecular weight is 262 g/mol. The fourth-order valence-corrected chi connectivity index (χ4v) is 1.06. The molecular weight excluding hydrogens is 248 g/mol. The molecule has 0 aliphatic carbocycles. The monoisotopic (exact) mass is 262 g/mol. The maximum Gasteiger partial charge on any atom is 0.336 e. The van der Waals surface area contributed by atoms with Crippen LogP contribution < -0.4 is 0 Å². The Labute approximate surface area is 102 Å². The first-order chi connectivity index (χ1) is 8.17. The van der Waals surface area contributed by atoms with Gasteiger partial charge in [-0.05, 0) is 6.92 Å². The van der Waals surface area contributed by atoms with Crippen molar-refractivity contribution in [3.63, 3.8) is 0 Å². The molecule has 1 atom stereocenters. The summed E-state index contributed by atoms with van der Waals surface area (Å²) in [5, 5.41) is 26.6. The number of carbonyl (C=O) groups is 4. The van der Waals surface area contributed by atoms with Gasteiger partial charge < -0.3 is 20.1 Å². The van der Waals surface area contributed by atoms with Gasteiger partial charge in [0.05, 0.1) is 19.4 Å². The molecule has 0 rings (SSSR count). The van der Waals surface area contributed by atoms with E-state index in [1.54, 1.807) is 0 Å². The highest BCUT2D eigenvalue weighted by molar-refractivity contribution is 5.88. The summed E-state index contributed by atoms with van der Waals surface area (Å²) in [7, 11) is 0. The Morgan fingerprint density at radius 1 is 1.11 bits per heavy atom. The van der Waals surface area contributed by atoms with Crippen molar-refractivity contribution in [1.82, 2.24) is 0 Å². The van der Waals surface area contributed by atoms with E-state index in [9.17, 15) is 24.3 Å². The maximum absolute atomic E-state index is 11.2. The predicted molar refractivity (Wildman–Crippen MR) is 55.7 cm³/mol. The number of hydrogen-bond donors (Lipinski definition) is 3. The lowest BCUT2D eigenvalue weighted by Gasteiger charge is -2.20. The van der Waals surface area contributed by atoms with Crippen molar-refractivity contribution in [3.8, 4) is 0 Å². The van der Waals surface area contributed by atoms with Gasteiger partial charge in [-0.2, -0.15) is 0 Å². The van der Waals surface area contributed by atoms with Gasteiger partial charge >= 0.3 is 17.9 Å². The molecule has 0 aromatic heterocycles. The largest absolute Gasteiger partial charge is 0.481 e. The molecule has 0 aromatic carbocycles. The molecule has 8 nitrogen and oxygen atoms in total. The van der Waals surface area contributed by atoms with E-state index in [-0.39, 0.29) is 18.8 Å². The Balaban J connectivity index is 4.41. The van der Waals surface area contributed by atoms with E-state index in [0.717, 1.165) is 0 Å². The minimum Gasteiger partial charge on any atom is -0.481 e. The molecule has 3 N–H and O–H groups in total. The average Bonchev–Trinajstić information content (AvgIpc) is 2.14. The zero-order valence-corrected chi connectivity index (χ0v) is 9.71. The van der Waals surface area contributed by atoms with E-state index in [4.69, 9.17) is 10.2 Å². The van der Waals surface area contributed by atoms with Crippen molar-refractivity contribution in [2.75, 3.05) is 6.61 Å². The molecule has 0 aliphatic rings. The van der Waals surface area contributed by atoms with E-state index in [2.05, 4.69) is 4.74 Å². The number of ether oxygens (including phenoxy) is 1. The molecule has 0 radical (unpaired) electrons. The summed E-state index contributed by atoms with van der Waals surface area (Å²) in [5.41, 5.74) is -2.71. The van der Waals surface area contributed by atoms with Crippen LogP contribution in [0.5, 0.6) is 0 Å². The summed E-state index contributed by atoms with van der Waals surface area (Å²) in [6.45, 7) is 1.04. The minimum absolute atomic E-state index is 0.0316. The minimum atomic E-state index is -2.71. The first kappa shape index (κ1) is 16.0. The van der Waals surface area contributed by atoms with Crippen LogP contribution in [0.2, 0.25) is 0 Å². The number of carbonyl (C=O) groups excluding carboxylic acids is 2. The standard InChI is InChI=1S/C10H14O8/c1-6(11)2-3-18-8(14)5-10(17,9(15)16)4-7(12)13/h17H,2-5H2,1H3,(H,12,13)(H,15,16). The molecule has 0 heterocycles. The van der Waals surface area contributed by atoms with Gasteiger partial charge in [-0.1, -0.05) is 0 Å². The molecule has 0 bridgehead atoms. The molecule has 0 fully saturated rings. The zero-order valence-electron chi connectivity index (χ0n) is 9.71. The smallest absolute Gasteiger partial charge is 0.336 e. The highest BCUT2D eigenvalue weighted by Gasteiger charge is 2.41. The molecule has 0 aliphatic heterocycles. The fraction of sp³-hybridized carbons (Fsp3) is 0.600. The second kappa shape index (κ2) is 6.70. The number of aliphatic carboxylic acids is 2. The normalized spacial score (nSPS) is 13.4. The van der Waals surface area contributed by atoms with Gasteiger partial charge in [0, 0.05) is 6.42 Å². The van der Waals surface area contributed by atoms with Gasteiger partial charge in [0.15, 0.2) is 5.60 Å². The van der Waals surface area contributed by atoms with Crippen LogP contribution >= 0.6 is 0 Å². The van der Waals surface area contributed by atoms with Crippen molar-refractivity contribution >= 4 is 23.7 Å². The van der Waals surface area contributed by atoms with Gasteiger partial charge in [0.1, 0.15) is 5.78 Å². The number of carboxylic acid groups (broad SMARTS) is 2. The molecule has 0 saturated carbocycles. The van der Waals surface area contributed by atoms with E-state index >= 15 is 0 Å². The van der Waals surface area contributed by atoms with Crippen LogP contribution in [0.1, 0.15) is 26.2 Å². The maximum atomic E-state index is 11.2. The number of hydrogen-bond acceptors (Lipinski definition) is 6. The Bertz CT molecular complexity index is 361. The van der Waals surface area contributed by atoms with Gasteiger partial charge in [-0.15, -0.1) is 0 Å². The van der Waals surface area contributed by atoms with E-state index in [1.165, 1.54) is 6.92 Å². The summed E-state index contributed by atoms with van der Waals surface area (Å²) in [4.78, 5) is 42.8. The Kier molecular flexibility index (Phi) is 5.97. The number of aliphatic hydroxyl groups is 1. The van der Waals surface area contributed by atoms with Crippen molar-refractivity contribution < 1.29 is 39.2 Å². The summed E-state index contributed by atoms with van der Waals surface area (Å²) >= 11 is 0. The second-order valence-electron chi connectivity index (χ2n) is 3.76. The Morgan fingerprint density at radius 2 is 1.67 bits per heavy atom. The van der Waals surface area contributed by atoms with Gasteiger partial charge in [-0.3, -0.25) is 14.4 Å². The third-order valence-corrected chi connectivity index (χ3v) is 2.00. The zero-order chi connectivity index (χ0) is 14.3. The first-order valence-corrected chi connectivity index (χ1v) is 5.00. The van der Waals surface area contributed by atoms with Crippen LogP contribution in [0.15, 0.2) is 0 Å². The molecule has 0 amide bonds. The number of ketones is 1. The van der Waals surface area contributed by atoms with Gasteiger partial charge in [0.2, 0.25) is 0 Å². The summed E-state index contributed by atoms with van der Waals surface area (Å²) in [5.74, 6) is -4.69. The van der Waals surface area contributed by atoms with E-state index in [1.807, 2.05) is 0 Å². The van der Waals surface area contributed by atoms with Crippen molar-refractivity contribution in [1.29, 1.82) is 0 Å². The highest BCUT2D eigenvalue weighted by Crippen LogP contribution is 2.17. The first-order valence-electron chi connectivity index (χ1n) is 5.00. The third-order valence-electron chi connectivity index (χ3n) is 2.00. The lowest BCUT2D eigenvalue weighted by atomic mass is 9.96. The number of rotatable bonds is 8. The second-order valence-corrected chi connectivity index (χ2v) is 3.76. The molecule has 0 saturated heterocycles. The van der Waals surface area contributed by atoms with Gasteiger partial charge in [0.25, 0.3) is 0 Å². The highest BCUT2D eigenvalue weighted by atomic mass is 16.5. The molecule has 102 valence electrons. The Morgan fingerprint density at radius 3 is 2.06 bits per heavy atom. The number of carboxylic acids is 2. The molecular formula is C10H14O8. The van der Waals surface area contributed by atoms with Crippen LogP contribution in [0.25, 0.3) is 0 Å². The van der Waals surface area contributed by atoms with Crippen molar-refractivity contribution in [2.24, 2.45) is 0 Å². The molecule has 18 heavy (non-hydrogen) atoms. The topological polar surface area (TPSA) is 138 Å². The van der Waals surface area contributed by atoms with Crippen LogP contribution in [-0.4, -0.2) is 51.2 Å². The Hall–Kier alpha value is -1.96. The van der Waals surface area contributed by atoms with Crippen LogP contribution in [-0.2, 0) is 23.9 Å². The molecule has 0 aromatic rings. The van der Waals surface area contributed by atoms with Crippen LogP contribution in [0.3, 0.4) is 0 Å². The summed E-state index contributed by atoms with van der Waals surface area (Å²) in [6.07, 6.45) is -2.15. The summed E-state index contributed by atoms with van der Waals surface area (Å²) < 4.78 is 4.50. The van der Waals surface area contributed by atoms with Gasteiger partial charge in [-0.25, -0.2) is 4.79 Å². The quantitative estimate of drug-likeness (QED) is 0.483. The van der Waals surface area contributed by atoms with Crippen molar-refractivity contribution in [3.05, 3.63) is 0 Å². The van der Waals surface area contributed by atoms with Crippen molar-refractivity contribution in [2.45, 2.75) is 31.8 Å². The van der Waals surface area contributed by atoms with E-state index < -0.39 is 36.4 Å². The van der Waals surface area contributed by atoms with E-state index in [0.29, 0.717) is 0 Å². The fourth-order valence-electron chi connectivity index (χ4n) is 1.06. The predicted octanol–water partition coefficient (Wildman–Crippen LogP) is -0.811. The third kappa shape index (κ3) is 5.94. The number of Topliss-reactive ketones (excluding diaryl/α,β-unsaturated/α-hetero) is 1. The SMILES string of the molecule is CC(=O)CCOC(=O)CC(O)(CC(=O)O)C(=O)O. The van der Waals surface area contributed by atoms with Crippen LogP contribution in [0, 0.1) is 0 Å². The summed E-state index contributed by atoms with van der Waals surface area (Å²) in [6, 6.07) is 0. The molecule has 8 heteroatoms. The van der Waals surface area contributed by atoms with Crippen LogP contribution in [0.4, 0.5) is 0 Å². The lowest BCUT2D eigenvalue weighted by molar-refractivity contribution is -0.172. The number of esters is 1.